The molecule has 2 saturated heterocycles. The summed E-state index contributed by atoms with van der Waals surface area (Å²) < 4.78 is 0. The fraction of sp³-hybridized carbons (Fsp3) is 0.875. The molecule has 0 spiro atoms. The first kappa shape index (κ1) is 14.8. The van der Waals surface area contributed by atoms with Gasteiger partial charge in [0.2, 0.25) is 11.8 Å². The standard InChI is InChI=1S/C16H27N3O2/c1-11-8-13(11)16(21)19-7-3-4-12(10-19)9-18-15(20)14-5-2-6-17-14/h11-14,17H,2-10H2,1H3,(H,18,20). The zero-order valence-electron chi connectivity index (χ0n) is 12.9. The minimum Gasteiger partial charge on any atom is -0.354 e. The molecule has 0 radical (unpaired) electrons. The van der Waals surface area contributed by atoms with Crippen LogP contribution in [0.25, 0.3) is 0 Å². The van der Waals surface area contributed by atoms with Crippen LogP contribution in [-0.2, 0) is 9.59 Å². The fourth-order valence-electron chi connectivity index (χ4n) is 3.61. The molecule has 5 heteroatoms. The number of likely N-dealkylation sites (tertiary alicyclic amines) is 1. The minimum atomic E-state index is -0.00126. The van der Waals surface area contributed by atoms with E-state index < -0.39 is 0 Å². The van der Waals surface area contributed by atoms with Gasteiger partial charge in [-0.05, 0) is 50.5 Å². The minimum absolute atomic E-state index is 0.00126. The Morgan fingerprint density at radius 2 is 2.10 bits per heavy atom. The van der Waals surface area contributed by atoms with E-state index in [1.807, 2.05) is 4.90 Å². The summed E-state index contributed by atoms with van der Waals surface area (Å²) in [5.41, 5.74) is 0. The molecule has 2 aliphatic heterocycles. The molecule has 4 atom stereocenters. The van der Waals surface area contributed by atoms with Crippen molar-refractivity contribution in [2.75, 3.05) is 26.2 Å². The summed E-state index contributed by atoms with van der Waals surface area (Å²) in [6.07, 6.45) is 5.27. The van der Waals surface area contributed by atoms with Crippen molar-refractivity contribution in [2.24, 2.45) is 17.8 Å². The number of nitrogens with one attached hydrogen (secondary N) is 2. The average Bonchev–Trinajstić information content (AvgIpc) is 3.01. The highest BCUT2D eigenvalue weighted by Crippen LogP contribution is 2.39. The lowest BCUT2D eigenvalue weighted by atomic mass is 9.97. The van der Waals surface area contributed by atoms with Gasteiger partial charge in [0.25, 0.3) is 0 Å². The van der Waals surface area contributed by atoms with Crippen molar-refractivity contribution in [3.05, 3.63) is 0 Å². The molecule has 1 aliphatic carbocycles. The van der Waals surface area contributed by atoms with Gasteiger partial charge < -0.3 is 15.5 Å². The van der Waals surface area contributed by atoms with E-state index in [1.165, 1.54) is 0 Å². The molecule has 0 bridgehead atoms. The van der Waals surface area contributed by atoms with Gasteiger partial charge in [0, 0.05) is 25.6 Å². The van der Waals surface area contributed by atoms with Crippen LogP contribution in [0.1, 0.15) is 39.0 Å². The molecule has 1 saturated carbocycles. The van der Waals surface area contributed by atoms with Crippen LogP contribution in [0.4, 0.5) is 0 Å². The third-order valence-electron chi connectivity index (χ3n) is 5.20. The number of hydrogen-bond donors (Lipinski definition) is 2. The zero-order chi connectivity index (χ0) is 14.8. The number of carbonyl (C=O) groups is 2. The quantitative estimate of drug-likeness (QED) is 0.804. The van der Waals surface area contributed by atoms with Crippen molar-refractivity contribution < 1.29 is 9.59 Å². The maximum Gasteiger partial charge on any atom is 0.237 e. The Bertz CT molecular complexity index is 406. The molecule has 4 unspecified atom stereocenters. The maximum absolute atomic E-state index is 12.3. The molecule has 3 aliphatic rings. The lowest BCUT2D eigenvalue weighted by Gasteiger charge is -2.33. The summed E-state index contributed by atoms with van der Waals surface area (Å²) in [7, 11) is 0. The predicted octanol–water partition coefficient (Wildman–Crippen LogP) is 0.749. The predicted molar refractivity (Wildman–Crippen MR) is 80.6 cm³/mol. The van der Waals surface area contributed by atoms with Crippen molar-refractivity contribution in [3.8, 4) is 0 Å². The zero-order valence-corrected chi connectivity index (χ0v) is 12.9. The van der Waals surface area contributed by atoms with Gasteiger partial charge in [-0.3, -0.25) is 9.59 Å². The first-order valence-corrected chi connectivity index (χ1v) is 8.45. The van der Waals surface area contributed by atoms with E-state index in [-0.39, 0.29) is 17.9 Å². The third-order valence-corrected chi connectivity index (χ3v) is 5.20. The second-order valence-corrected chi connectivity index (χ2v) is 7.01. The number of nitrogens with zero attached hydrogens (tertiary/aromatic N) is 1. The van der Waals surface area contributed by atoms with E-state index in [0.717, 1.165) is 51.7 Å². The largest absolute Gasteiger partial charge is 0.354 e. The Morgan fingerprint density at radius 1 is 1.29 bits per heavy atom. The SMILES string of the molecule is CC1CC1C(=O)N1CCCC(CNC(=O)C2CCCN2)C1. The summed E-state index contributed by atoms with van der Waals surface area (Å²) in [5, 5.41) is 6.29. The molecule has 5 nitrogen and oxygen atoms in total. The number of amides is 2. The van der Waals surface area contributed by atoms with Crippen molar-refractivity contribution in [1.29, 1.82) is 0 Å². The first-order chi connectivity index (χ1) is 10.1. The molecule has 0 aromatic carbocycles. The lowest BCUT2D eigenvalue weighted by molar-refractivity contribution is -0.134. The molecule has 3 rings (SSSR count). The van der Waals surface area contributed by atoms with Crippen LogP contribution in [0, 0.1) is 17.8 Å². The molecule has 2 amide bonds. The van der Waals surface area contributed by atoms with Crippen LogP contribution in [0.2, 0.25) is 0 Å². The molecule has 2 heterocycles. The van der Waals surface area contributed by atoms with Crippen molar-refractivity contribution in [1.82, 2.24) is 15.5 Å². The van der Waals surface area contributed by atoms with Gasteiger partial charge in [-0.1, -0.05) is 6.92 Å². The van der Waals surface area contributed by atoms with Crippen molar-refractivity contribution in [3.63, 3.8) is 0 Å². The highest BCUT2D eigenvalue weighted by atomic mass is 16.2. The fourth-order valence-corrected chi connectivity index (χ4v) is 3.61. The molecular weight excluding hydrogens is 266 g/mol. The van der Waals surface area contributed by atoms with Gasteiger partial charge in [0.15, 0.2) is 0 Å². The second-order valence-electron chi connectivity index (χ2n) is 7.01. The number of rotatable bonds is 4. The Labute approximate surface area is 126 Å². The smallest absolute Gasteiger partial charge is 0.237 e. The Hall–Kier alpha value is -1.10. The van der Waals surface area contributed by atoms with Gasteiger partial charge in [-0.25, -0.2) is 0 Å². The molecule has 0 aromatic heterocycles. The lowest BCUT2D eigenvalue weighted by Crippen LogP contribution is -2.47. The van der Waals surface area contributed by atoms with E-state index in [2.05, 4.69) is 17.6 Å². The maximum atomic E-state index is 12.3. The van der Waals surface area contributed by atoms with Gasteiger partial charge in [0.05, 0.1) is 6.04 Å². The number of hydrogen-bond acceptors (Lipinski definition) is 3. The van der Waals surface area contributed by atoms with E-state index in [4.69, 9.17) is 0 Å². The summed E-state index contributed by atoms with van der Waals surface area (Å²) >= 11 is 0. The second kappa shape index (κ2) is 6.34. The van der Waals surface area contributed by atoms with Gasteiger partial charge in [-0.15, -0.1) is 0 Å². The number of piperidine rings is 1. The molecular formula is C16H27N3O2. The molecule has 2 N–H and O–H groups in total. The topological polar surface area (TPSA) is 61.4 Å². The summed E-state index contributed by atoms with van der Waals surface area (Å²) in [6, 6.07) is -0.00126. The Kier molecular flexibility index (Phi) is 4.48. The van der Waals surface area contributed by atoms with Gasteiger partial charge in [-0.2, -0.15) is 0 Å². The van der Waals surface area contributed by atoms with Gasteiger partial charge >= 0.3 is 0 Å². The highest BCUT2D eigenvalue weighted by molar-refractivity contribution is 5.82. The summed E-state index contributed by atoms with van der Waals surface area (Å²) in [6.45, 7) is 5.53. The highest BCUT2D eigenvalue weighted by Gasteiger charge is 2.42. The average molecular weight is 293 g/mol. The molecule has 0 aromatic rings. The van der Waals surface area contributed by atoms with Crippen LogP contribution >= 0.6 is 0 Å². The summed E-state index contributed by atoms with van der Waals surface area (Å²) in [4.78, 5) is 26.3. The third kappa shape index (κ3) is 3.57. The number of carbonyl (C=O) groups excluding carboxylic acids is 2. The monoisotopic (exact) mass is 293 g/mol. The molecule has 118 valence electrons. The van der Waals surface area contributed by atoms with E-state index in [0.29, 0.717) is 24.3 Å². The van der Waals surface area contributed by atoms with Crippen LogP contribution in [-0.4, -0.2) is 48.9 Å². The van der Waals surface area contributed by atoms with E-state index >= 15 is 0 Å². The Morgan fingerprint density at radius 3 is 2.76 bits per heavy atom. The first-order valence-electron chi connectivity index (χ1n) is 8.45. The molecule has 21 heavy (non-hydrogen) atoms. The van der Waals surface area contributed by atoms with Crippen LogP contribution in [0.15, 0.2) is 0 Å². The van der Waals surface area contributed by atoms with Crippen LogP contribution in [0.5, 0.6) is 0 Å². The Balaban J connectivity index is 1.43. The van der Waals surface area contributed by atoms with E-state index in [9.17, 15) is 9.59 Å². The van der Waals surface area contributed by atoms with Crippen LogP contribution in [0.3, 0.4) is 0 Å². The van der Waals surface area contributed by atoms with Crippen molar-refractivity contribution >= 4 is 11.8 Å². The van der Waals surface area contributed by atoms with E-state index in [1.54, 1.807) is 0 Å². The van der Waals surface area contributed by atoms with Crippen LogP contribution < -0.4 is 10.6 Å². The van der Waals surface area contributed by atoms with Crippen molar-refractivity contribution in [2.45, 2.75) is 45.1 Å². The van der Waals surface area contributed by atoms with Gasteiger partial charge in [0.1, 0.15) is 0 Å². The molecule has 3 fully saturated rings. The normalized spacial score (nSPS) is 35.6. The summed E-state index contributed by atoms with van der Waals surface area (Å²) in [5.74, 6) is 1.75.